The largest absolute Gasteiger partial charge is 0.618 e. The van der Waals surface area contributed by atoms with Crippen LogP contribution in [0.2, 0.25) is 0 Å². The summed E-state index contributed by atoms with van der Waals surface area (Å²) in [5.74, 6) is -1.11. The van der Waals surface area contributed by atoms with Gasteiger partial charge in [-0.1, -0.05) is 0 Å². The molecule has 0 fully saturated rings. The molecule has 0 unspecified atom stereocenters. The average Bonchev–Trinajstić information content (AvgIpc) is 2.53. The van der Waals surface area contributed by atoms with Crippen LogP contribution in [-0.2, 0) is 9.47 Å². The van der Waals surface area contributed by atoms with Gasteiger partial charge in [0, 0.05) is 18.3 Å². The van der Waals surface area contributed by atoms with E-state index in [0.717, 1.165) is 0 Å². The first-order valence-electron chi connectivity index (χ1n) is 5.93. The molecule has 0 aliphatic heterocycles. The molecule has 0 aliphatic rings. The Morgan fingerprint density at radius 1 is 1.10 bits per heavy atom. The molecular formula is C14H12N2O5. The minimum absolute atomic E-state index is 0.128. The molecule has 0 N–H and O–H groups in total. The lowest BCUT2D eigenvalue weighted by atomic mass is 10.1. The predicted octanol–water partition coefficient (Wildman–Crippen LogP) is 0.955. The highest BCUT2D eigenvalue weighted by molar-refractivity contribution is 5.91. The SMILES string of the molecule is COC(=O)c1ccnc(-c2cc(C(=O)OC)cc[n+]2[O-])c1. The summed E-state index contributed by atoms with van der Waals surface area (Å²) in [6.07, 6.45) is 2.56. The number of carbonyl (C=O) groups is 2. The van der Waals surface area contributed by atoms with Crippen LogP contribution in [0, 0.1) is 5.21 Å². The molecule has 0 amide bonds. The zero-order chi connectivity index (χ0) is 15.4. The van der Waals surface area contributed by atoms with Crippen LogP contribution in [-0.4, -0.2) is 31.1 Å². The second-order valence-electron chi connectivity index (χ2n) is 4.04. The van der Waals surface area contributed by atoms with Gasteiger partial charge in [-0.3, -0.25) is 0 Å². The molecule has 7 nitrogen and oxygen atoms in total. The summed E-state index contributed by atoms with van der Waals surface area (Å²) in [6.45, 7) is 0. The van der Waals surface area contributed by atoms with Crippen LogP contribution in [0.4, 0.5) is 0 Å². The molecule has 0 atom stereocenters. The molecule has 21 heavy (non-hydrogen) atoms. The number of nitrogens with zero attached hydrogens (tertiary/aromatic N) is 2. The Morgan fingerprint density at radius 2 is 1.71 bits per heavy atom. The number of esters is 2. The van der Waals surface area contributed by atoms with Crippen molar-refractivity contribution >= 4 is 11.9 Å². The van der Waals surface area contributed by atoms with E-state index in [1.165, 1.54) is 50.9 Å². The Labute approximate surface area is 120 Å². The highest BCUT2D eigenvalue weighted by Crippen LogP contribution is 2.16. The molecule has 0 aliphatic carbocycles. The van der Waals surface area contributed by atoms with Crippen LogP contribution in [0.25, 0.3) is 11.4 Å². The van der Waals surface area contributed by atoms with Crippen LogP contribution in [0.1, 0.15) is 20.7 Å². The third kappa shape index (κ3) is 2.97. The number of methoxy groups -OCH3 is 2. The highest BCUT2D eigenvalue weighted by atomic mass is 16.5. The summed E-state index contributed by atoms with van der Waals surface area (Å²) < 4.78 is 9.76. The van der Waals surface area contributed by atoms with Crippen LogP contribution in [0.3, 0.4) is 0 Å². The molecule has 0 saturated heterocycles. The van der Waals surface area contributed by atoms with E-state index in [0.29, 0.717) is 4.73 Å². The van der Waals surface area contributed by atoms with Gasteiger partial charge in [0.15, 0.2) is 6.20 Å². The van der Waals surface area contributed by atoms with Gasteiger partial charge >= 0.3 is 11.9 Å². The number of rotatable bonds is 3. The van der Waals surface area contributed by atoms with Gasteiger partial charge in [0.1, 0.15) is 5.69 Å². The maximum Gasteiger partial charge on any atom is 0.338 e. The molecule has 0 spiro atoms. The molecule has 2 aromatic heterocycles. The summed E-state index contributed by atoms with van der Waals surface area (Å²) in [6, 6.07) is 5.57. The molecule has 2 aromatic rings. The number of aromatic nitrogens is 2. The Bertz CT molecular complexity index is 700. The van der Waals surface area contributed by atoms with Gasteiger partial charge in [0.2, 0.25) is 5.69 Å². The minimum Gasteiger partial charge on any atom is -0.618 e. The Morgan fingerprint density at radius 3 is 2.33 bits per heavy atom. The van der Waals surface area contributed by atoms with Gasteiger partial charge in [-0.25, -0.2) is 14.6 Å². The third-order valence-electron chi connectivity index (χ3n) is 2.78. The van der Waals surface area contributed by atoms with Gasteiger partial charge in [-0.15, -0.1) is 0 Å². The van der Waals surface area contributed by atoms with Crippen LogP contribution >= 0.6 is 0 Å². The van der Waals surface area contributed by atoms with Crippen LogP contribution < -0.4 is 4.73 Å². The summed E-state index contributed by atoms with van der Waals surface area (Å²) in [4.78, 5) is 27.0. The van der Waals surface area contributed by atoms with Gasteiger partial charge in [0.05, 0.1) is 25.3 Å². The van der Waals surface area contributed by atoms with E-state index in [4.69, 9.17) is 0 Å². The lowest BCUT2D eigenvalue weighted by molar-refractivity contribution is -0.593. The molecule has 2 heterocycles. The summed E-state index contributed by atoms with van der Waals surface area (Å²) in [5.41, 5.74) is 0.846. The summed E-state index contributed by atoms with van der Waals surface area (Å²) >= 11 is 0. The standard InChI is InChI=1S/C14H12N2O5/c1-20-13(17)9-3-5-15-11(7-9)12-8-10(14(18)21-2)4-6-16(12)19/h3-8H,1-2H3. The van der Waals surface area contributed by atoms with Crippen LogP contribution in [0.15, 0.2) is 36.7 Å². The fourth-order valence-corrected chi connectivity index (χ4v) is 1.73. The summed E-state index contributed by atoms with van der Waals surface area (Å²) in [7, 11) is 2.50. The van der Waals surface area contributed by atoms with Crippen molar-refractivity contribution in [3.05, 3.63) is 53.0 Å². The molecular weight excluding hydrogens is 276 g/mol. The number of pyridine rings is 2. The maximum atomic E-state index is 11.8. The maximum absolute atomic E-state index is 11.8. The van der Waals surface area contributed by atoms with E-state index in [-0.39, 0.29) is 22.5 Å². The molecule has 108 valence electrons. The zero-order valence-electron chi connectivity index (χ0n) is 11.4. The predicted molar refractivity (Wildman–Crippen MR) is 71.3 cm³/mol. The van der Waals surface area contributed by atoms with Gasteiger partial charge < -0.3 is 14.7 Å². The second kappa shape index (κ2) is 6.00. The van der Waals surface area contributed by atoms with Crippen molar-refractivity contribution in [1.82, 2.24) is 4.98 Å². The van der Waals surface area contributed by atoms with Crippen molar-refractivity contribution in [3.8, 4) is 11.4 Å². The van der Waals surface area contributed by atoms with Crippen molar-refractivity contribution < 1.29 is 23.8 Å². The number of ether oxygens (including phenoxy) is 2. The van der Waals surface area contributed by atoms with E-state index in [1.54, 1.807) is 0 Å². The van der Waals surface area contributed by atoms with Gasteiger partial charge in [-0.05, 0) is 12.1 Å². The smallest absolute Gasteiger partial charge is 0.338 e. The lowest BCUT2D eigenvalue weighted by Gasteiger charge is -2.06. The zero-order valence-corrected chi connectivity index (χ0v) is 11.4. The van der Waals surface area contributed by atoms with Gasteiger partial charge in [0.25, 0.3) is 0 Å². The molecule has 2 rings (SSSR count). The van der Waals surface area contributed by atoms with Gasteiger partial charge in [-0.2, -0.15) is 4.73 Å². The molecule has 0 radical (unpaired) electrons. The minimum atomic E-state index is -0.569. The summed E-state index contributed by atoms with van der Waals surface area (Å²) in [5, 5.41) is 11.8. The first-order valence-corrected chi connectivity index (χ1v) is 5.93. The highest BCUT2D eigenvalue weighted by Gasteiger charge is 2.17. The molecule has 0 aromatic carbocycles. The van der Waals surface area contributed by atoms with E-state index >= 15 is 0 Å². The molecule has 7 heteroatoms. The fraction of sp³-hybridized carbons (Fsp3) is 0.143. The van der Waals surface area contributed by atoms with E-state index < -0.39 is 11.9 Å². The molecule has 0 saturated carbocycles. The first kappa shape index (κ1) is 14.4. The monoisotopic (exact) mass is 288 g/mol. The first-order chi connectivity index (χ1) is 10.1. The van der Waals surface area contributed by atoms with Crippen molar-refractivity contribution in [2.75, 3.05) is 14.2 Å². The number of hydrogen-bond acceptors (Lipinski definition) is 6. The molecule has 0 bridgehead atoms. The second-order valence-corrected chi connectivity index (χ2v) is 4.04. The van der Waals surface area contributed by atoms with Crippen molar-refractivity contribution in [2.24, 2.45) is 0 Å². The third-order valence-corrected chi connectivity index (χ3v) is 2.78. The fourth-order valence-electron chi connectivity index (χ4n) is 1.73. The van der Waals surface area contributed by atoms with E-state index in [9.17, 15) is 14.8 Å². The Hall–Kier alpha value is -2.96. The van der Waals surface area contributed by atoms with E-state index in [2.05, 4.69) is 14.5 Å². The van der Waals surface area contributed by atoms with Crippen LogP contribution in [0.5, 0.6) is 0 Å². The van der Waals surface area contributed by atoms with E-state index in [1.807, 2.05) is 0 Å². The normalized spacial score (nSPS) is 10.0. The van der Waals surface area contributed by atoms with Crippen molar-refractivity contribution in [2.45, 2.75) is 0 Å². The van der Waals surface area contributed by atoms with Crippen molar-refractivity contribution in [1.29, 1.82) is 0 Å². The number of hydrogen-bond donors (Lipinski definition) is 0. The Kier molecular flexibility index (Phi) is 4.13. The average molecular weight is 288 g/mol. The number of carbonyl (C=O) groups excluding carboxylic acids is 2. The Balaban J connectivity index is 2.51. The quantitative estimate of drug-likeness (QED) is 0.474. The van der Waals surface area contributed by atoms with Crippen molar-refractivity contribution in [3.63, 3.8) is 0 Å². The topological polar surface area (TPSA) is 92.4 Å². The lowest BCUT2D eigenvalue weighted by Crippen LogP contribution is -2.29.